The molecule has 4 rings (SSSR count). The first-order valence-corrected chi connectivity index (χ1v) is 12.0. The number of halogens is 4. The Morgan fingerprint density at radius 2 is 1.25 bits per heavy atom. The van der Waals surface area contributed by atoms with Crippen molar-refractivity contribution in [3.05, 3.63) is 0 Å². The predicted molar refractivity (Wildman–Crippen MR) is 105 cm³/mol. The molecule has 4 heteroatoms. The third-order valence-corrected chi connectivity index (χ3v) is 9.34. The van der Waals surface area contributed by atoms with Gasteiger partial charge in [-0.1, -0.05) is 33.1 Å². The first-order valence-electron chi connectivity index (χ1n) is 12.0. The van der Waals surface area contributed by atoms with Crippen LogP contribution in [0.1, 0.15) is 84.5 Å². The lowest BCUT2D eigenvalue weighted by Crippen LogP contribution is -2.48. The maximum absolute atomic E-state index is 15.3. The lowest BCUT2D eigenvalue weighted by atomic mass is 9.67. The van der Waals surface area contributed by atoms with Gasteiger partial charge in [-0.15, -0.1) is 0 Å². The van der Waals surface area contributed by atoms with E-state index in [0.29, 0.717) is 25.2 Å². The van der Waals surface area contributed by atoms with E-state index in [1.54, 1.807) is 0 Å². The Kier molecular flexibility index (Phi) is 6.07. The molecule has 0 N–H and O–H groups in total. The summed E-state index contributed by atoms with van der Waals surface area (Å²) in [5.41, 5.74) is 0. The number of fused-ring (bicyclic) bond motifs is 1. The maximum Gasteiger partial charge on any atom is 0.257 e. The molecule has 0 aromatic rings. The summed E-state index contributed by atoms with van der Waals surface area (Å²) < 4.78 is 59.6. The van der Waals surface area contributed by atoms with Gasteiger partial charge in [0.2, 0.25) is 0 Å². The minimum absolute atomic E-state index is 0.00435. The summed E-state index contributed by atoms with van der Waals surface area (Å²) in [6, 6.07) is 0. The molecule has 4 saturated carbocycles. The van der Waals surface area contributed by atoms with E-state index in [9.17, 15) is 8.78 Å². The molecule has 6 unspecified atom stereocenters. The fourth-order valence-corrected chi connectivity index (χ4v) is 7.56. The Balaban J connectivity index is 1.39. The molecular formula is C24H38F4. The SMILES string of the molecule is CCC1CC2CC(C3CCC(C4CCC(C)CC4)CC3)C(F)(F)C2C(F)C1F. The highest BCUT2D eigenvalue weighted by Crippen LogP contribution is 2.60. The first kappa shape index (κ1) is 21.0. The van der Waals surface area contributed by atoms with Crippen LogP contribution < -0.4 is 0 Å². The molecule has 0 nitrogen and oxygen atoms in total. The van der Waals surface area contributed by atoms with Crippen LogP contribution in [-0.2, 0) is 0 Å². The largest absolute Gasteiger partial charge is 0.257 e. The van der Waals surface area contributed by atoms with E-state index in [2.05, 4.69) is 6.92 Å². The van der Waals surface area contributed by atoms with Crippen LogP contribution >= 0.6 is 0 Å². The highest BCUT2D eigenvalue weighted by atomic mass is 19.3. The van der Waals surface area contributed by atoms with Gasteiger partial charge in [0.1, 0.15) is 12.3 Å². The Morgan fingerprint density at radius 1 is 0.714 bits per heavy atom. The number of rotatable bonds is 3. The normalized spacial score (nSPS) is 51.6. The molecule has 0 aromatic heterocycles. The van der Waals surface area contributed by atoms with Gasteiger partial charge in [-0.2, -0.15) is 0 Å². The van der Waals surface area contributed by atoms with Crippen LogP contribution in [0.4, 0.5) is 17.6 Å². The van der Waals surface area contributed by atoms with Crippen molar-refractivity contribution in [2.45, 2.75) is 103 Å². The summed E-state index contributed by atoms with van der Waals surface area (Å²) in [6.07, 6.45) is 6.82. The molecule has 0 aromatic carbocycles. The lowest BCUT2D eigenvalue weighted by molar-refractivity contribution is -0.147. The first-order chi connectivity index (χ1) is 13.3. The molecule has 28 heavy (non-hydrogen) atoms. The van der Waals surface area contributed by atoms with Crippen molar-refractivity contribution < 1.29 is 17.6 Å². The average Bonchev–Trinajstić information content (AvgIpc) is 2.96. The third-order valence-electron chi connectivity index (χ3n) is 9.34. The predicted octanol–water partition coefficient (Wildman–Crippen LogP) is 7.61. The van der Waals surface area contributed by atoms with Gasteiger partial charge in [0.15, 0.2) is 0 Å². The summed E-state index contributed by atoms with van der Waals surface area (Å²) >= 11 is 0. The second-order valence-corrected chi connectivity index (χ2v) is 10.8. The fraction of sp³-hybridized carbons (Fsp3) is 1.00. The molecule has 6 atom stereocenters. The summed E-state index contributed by atoms with van der Waals surface area (Å²) in [4.78, 5) is 0. The minimum Gasteiger partial charge on any atom is -0.244 e. The van der Waals surface area contributed by atoms with Gasteiger partial charge in [-0.25, -0.2) is 17.6 Å². The van der Waals surface area contributed by atoms with E-state index in [1.807, 2.05) is 6.92 Å². The molecule has 0 saturated heterocycles. The number of hydrogen-bond acceptors (Lipinski definition) is 0. The van der Waals surface area contributed by atoms with Crippen LogP contribution in [0.2, 0.25) is 0 Å². The fourth-order valence-electron chi connectivity index (χ4n) is 7.56. The smallest absolute Gasteiger partial charge is 0.244 e. The van der Waals surface area contributed by atoms with Crippen LogP contribution in [0.15, 0.2) is 0 Å². The van der Waals surface area contributed by atoms with Crippen molar-refractivity contribution in [1.29, 1.82) is 0 Å². The molecule has 4 fully saturated rings. The number of alkyl halides is 4. The van der Waals surface area contributed by atoms with Gasteiger partial charge in [0.25, 0.3) is 5.92 Å². The summed E-state index contributed by atoms with van der Waals surface area (Å²) in [7, 11) is 0. The number of hydrogen-bond donors (Lipinski definition) is 0. The summed E-state index contributed by atoms with van der Waals surface area (Å²) in [5, 5.41) is 0. The zero-order chi connectivity index (χ0) is 20.1. The third kappa shape index (κ3) is 3.64. The lowest BCUT2D eigenvalue weighted by Gasteiger charge is -2.41. The van der Waals surface area contributed by atoms with Crippen LogP contribution in [0.5, 0.6) is 0 Å². The molecule has 4 aliphatic carbocycles. The zero-order valence-corrected chi connectivity index (χ0v) is 17.6. The van der Waals surface area contributed by atoms with E-state index < -0.39 is 30.1 Å². The Morgan fingerprint density at radius 3 is 1.82 bits per heavy atom. The van der Waals surface area contributed by atoms with Crippen molar-refractivity contribution in [3.8, 4) is 0 Å². The van der Waals surface area contributed by atoms with Crippen LogP contribution in [0, 0.1) is 47.3 Å². The molecule has 0 bridgehead atoms. The Bertz CT molecular complexity index is 519. The molecule has 0 radical (unpaired) electrons. The van der Waals surface area contributed by atoms with Crippen molar-refractivity contribution in [2.24, 2.45) is 47.3 Å². The summed E-state index contributed by atoms with van der Waals surface area (Å²) in [5.74, 6) is -3.52. The molecular weight excluding hydrogens is 364 g/mol. The minimum atomic E-state index is -3.04. The van der Waals surface area contributed by atoms with E-state index in [-0.39, 0.29) is 17.8 Å². The Hall–Kier alpha value is -0.280. The van der Waals surface area contributed by atoms with Gasteiger partial charge < -0.3 is 0 Å². The molecule has 0 spiro atoms. The van der Waals surface area contributed by atoms with E-state index >= 15 is 8.78 Å². The standard InChI is InChI=1S/C24H38F4/c1-3-15-12-19-13-20(24(27,28)21(19)23(26)22(15)25)18-10-8-17(9-11-18)16-6-4-14(2)5-7-16/h14-23H,3-13H2,1-2H3. The second kappa shape index (κ2) is 8.10. The topological polar surface area (TPSA) is 0 Å². The molecule has 162 valence electrons. The average molecular weight is 403 g/mol. The zero-order valence-electron chi connectivity index (χ0n) is 17.6. The monoisotopic (exact) mass is 402 g/mol. The van der Waals surface area contributed by atoms with Gasteiger partial charge in [-0.05, 0) is 86.9 Å². The highest BCUT2D eigenvalue weighted by Gasteiger charge is 2.65. The summed E-state index contributed by atoms with van der Waals surface area (Å²) in [6.45, 7) is 4.18. The van der Waals surface area contributed by atoms with E-state index in [1.165, 1.54) is 25.7 Å². The molecule has 0 heterocycles. The van der Waals surface area contributed by atoms with E-state index in [0.717, 1.165) is 37.5 Å². The van der Waals surface area contributed by atoms with Crippen LogP contribution in [0.3, 0.4) is 0 Å². The van der Waals surface area contributed by atoms with Gasteiger partial charge >= 0.3 is 0 Å². The van der Waals surface area contributed by atoms with Gasteiger partial charge in [0.05, 0.1) is 5.92 Å². The van der Waals surface area contributed by atoms with Crippen molar-refractivity contribution in [2.75, 3.05) is 0 Å². The van der Waals surface area contributed by atoms with E-state index in [4.69, 9.17) is 0 Å². The Labute approximate surface area is 168 Å². The van der Waals surface area contributed by atoms with Gasteiger partial charge in [-0.3, -0.25) is 0 Å². The quantitative estimate of drug-likeness (QED) is 0.426. The maximum atomic E-state index is 15.3. The van der Waals surface area contributed by atoms with Crippen molar-refractivity contribution in [1.82, 2.24) is 0 Å². The molecule has 4 aliphatic rings. The second-order valence-electron chi connectivity index (χ2n) is 10.8. The van der Waals surface area contributed by atoms with Crippen molar-refractivity contribution in [3.63, 3.8) is 0 Å². The molecule has 0 amide bonds. The van der Waals surface area contributed by atoms with Crippen molar-refractivity contribution >= 4 is 0 Å². The molecule has 0 aliphatic heterocycles. The van der Waals surface area contributed by atoms with Crippen LogP contribution in [-0.4, -0.2) is 18.3 Å². The van der Waals surface area contributed by atoms with Crippen LogP contribution in [0.25, 0.3) is 0 Å². The highest BCUT2D eigenvalue weighted by molar-refractivity contribution is 5.07. The van der Waals surface area contributed by atoms with Gasteiger partial charge in [0, 0.05) is 5.92 Å².